The van der Waals surface area contributed by atoms with Crippen molar-refractivity contribution in [3.63, 3.8) is 0 Å². The van der Waals surface area contributed by atoms with Gasteiger partial charge in [-0.1, -0.05) is 24.3 Å². The molecule has 4 aromatic rings. The molecule has 6 heteroatoms. The van der Waals surface area contributed by atoms with E-state index in [1.54, 1.807) is 23.0 Å². The summed E-state index contributed by atoms with van der Waals surface area (Å²) < 4.78 is 3.39. The van der Waals surface area contributed by atoms with Crippen molar-refractivity contribution in [3.05, 3.63) is 70.3 Å². The highest BCUT2D eigenvalue weighted by Gasteiger charge is 2.31. The number of carboxylic acids is 1. The van der Waals surface area contributed by atoms with E-state index in [2.05, 4.69) is 18.0 Å². The van der Waals surface area contributed by atoms with E-state index in [1.165, 1.54) is 0 Å². The Morgan fingerprint density at radius 3 is 2.52 bits per heavy atom. The van der Waals surface area contributed by atoms with E-state index < -0.39 is 11.5 Å². The maximum atomic E-state index is 13.6. The van der Waals surface area contributed by atoms with Crippen LogP contribution < -0.4 is 5.69 Å². The minimum absolute atomic E-state index is 0.137. The van der Waals surface area contributed by atoms with E-state index in [4.69, 9.17) is 0 Å². The zero-order valence-corrected chi connectivity index (χ0v) is 17.1. The van der Waals surface area contributed by atoms with Gasteiger partial charge in [0.05, 0.1) is 29.0 Å². The Bertz CT molecular complexity index is 1290. The van der Waals surface area contributed by atoms with Crippen LogP contribution in [0.4, 0.5) is 0 Å². The molecule has 0 aliphatic carbocycles. The summed E-state index contributed by atoms with van der Waals surface area (Å²) in [5.74, 6) is -0.931. The van der Waals surface area contributed by atoms with Gasteiger partial charge in [0.25, 0.3) is 0 Å². The normalized spacial score (nSPS) is 13.2. The molecule has 150 valence electrons. The third kappa shape index (κ3) is 2.95. The molecule has 0 aliphatic rings. The molecule has 6 nitrogen and oxygen atoms in total. The lowest BCUT2D eigenvalue weighted by Gasteiger charge is -2.24. The van der Waals surface area contributed by atoms with Crippen LogP contribution in [0.3, 0.4) is 0 Å². The predicted octanol–water partition coefficient (Wildman–Crippen LogP) is 4.41. The number of aromatic amines is 1. The Kier molecular flexibility index (Phi) is 4.37. The van der Waals surface area contributed by atoms with Crippen molar-refractivity contribution in [3.8, 4) is 0 Å². The lowest BCUT2D eigenvalue weighted by molar-refractivity contribution is -0.138. The van der Waals surface area contributed by atoms with Crippen LogP contribution in [0.2, 0.25) is 0 Å². The standard InChI is InChI=1S/C23H25N3O3/c1-14-8-7-9-17-21(14)16(13-24-17)15(2)25-18-10-5-6-11-19(18)26(22(25)29)23(3,4)12-20(27)28/h5-11,13,15,24H,12H2,1-4H3,(H,27,28). The van der Waals surface area contributed by atoms with E-state index in [0.717, 1.165) is 33.1 Å². The highest BCUT2D eigenvalue weighted by molar-refractivity contribution is 5.87. The summed E-state index contributed by atoms with van der Waals surface area (Å²) in [5, 5.41) is 10.5. The average molecular weight is 391 g/mol. The minimum atomic E-state index is -0.931. The van der Waals surface area contributed by atoms with E-state index >= 15 is 0 Å². The fraction of sp³-hybridized carbons (Fsp3) is 0.304. The van der Waals surface area contributed by atoms with Gasteiger partial charge in [-0.15, -0.1) is 0 Å². The van der Waals surface area contributed by atoms with E-state index in [-0.39, 0.29) is 18.2 Å². The molecule has 0 saturated heterocycles. The zero-order chi connectivity index (χ0) is 20.9. The first-order valence-corrected chi connectivity index (χ1v) is 9.73. The molecular weight excluding hydrogens is 366 g/mol. The molecule has 29 heavy (non-hydrogen) atoms. The molecule has 2 heterocycles. The number of nitrogens with one attached hydrogen (secondary N) is 1. The number of imidazole rings is 1. The second-order valence-electron chi connectivity index (χ2n) is 8.28. The van der Waals surface area contributed by atoms with Crippen molar-refractivity contribution in [1.82, 2.24) is 14.1 Å². The lowest BCUT2D eigenvalue weighted by atomic mass is 10.0. The number of aryl methyl sites for hydroxylation is 1. The Morgan fingerprint density at radius 1 is 1.14 bits per heavy atom. The van der Waals surface area contributed by atoms with Gasteiger partial charge in [-0.2, -0.15) is 0 Å². The average Bonchev–Trinajstić information content (AvgIpc) is 3.19. The summed E-state index contributed by atoms with van der Waals surface area (Å²) in [7, 11) is 0. The molecule has 0 bridgehead atoms. The zero-order valence-electron chi connectivity index (χ0n) is 17.1. The van der Waals surface area contributed by atoms with Gasteiger partial charge in [-0.25, -0.2) is 4.79 Å². The fourth-order valence-corrected chi connectivity index (χ4v) is 4.45. The number of carbonyl (C=O) groups is 1. The van der Waals surface area contributed by atoms with Crippen LogP contribution in [0.15, 0.2) is 53.5 Å². The van der Waals surface area contributed by atoms with Gasteiger partial charge >= 0.3 is 11.7 Å². The number of hydrogen-bond acceptors (Lipinski definition) is 2. The van der Waals surface area contributed by atoms with Crippen LogP contribution in [0.25, 0.3) is 21.9 Å². The molecule has 0 amide bonds. The van der Waals surface area contributed by atoms with Gasteiger partial charge in [-0.05, 0) is 51.5 Å². The molecule has 2 aromatic heterocycles. The topological polar surface area (TPSA) is 80.0 Å². The first kappa shape index (κ1) is 19.1. The first-order valence-electron chi connectivity index (χ1n) is 9.73. The van der Waals surface area contributed by atoms with Crippen LogP contribution >= 0.6 is 0 Å². The second kappa shape index (κ2) is 6.65. The third-order valence-corrected chi connectivity index (χ3v) is 5.75. The number of fused-ring (bicyclic) bond motifs is 2. The summed E-state index contributed by atoms with van der Waals surface area (Å²) in [6.07, 6.45) is 1.82. The smallest absolute Gasteiger partial charge is 0.330 e. The highest BCUT2D eigenvalue weighted by Crippen LogP contribution is 2.32. The van der Waals surface area contributed by atoms with E-state index in [0.29, 0.717) is 0 Å². The number of benzene rings is 2. The SMILES string of the molecule is Cc1cccc2[nH]cc(C(C)n3c(=O)n(C(C)(C)CC(=O)O)c4ccccc43)c12. The molecule has 1 unspecified atom stereocenters. The van der Waals surface area contributed by atoms with Crippen LogP contribution in [-0.2, 0) is 10.3 Å². The second-order valence-corrected chi connectivity index (χ2v) is 8.28. The number of nitrogens with zero attached hydrogens (tertiary/aromatic N) is 2. The molecule has 0 saturated carbocycles. The fourth-order valence-electron chi connectivity index (χ4n) is 4.45. The summed E-state index contributed by atoms with van der Waals surface area (Å²) in [6.45, 7) is 7.66. The number of aliphatic carboxylic acids is 1. The number of rotatable bonds is 5. The van der Waals surface area contributed by atoms with Gasteiger partial charge in [0.1, 0.15) is 0 Å². The van der Waals surface area contributed by atoms with Crippen molar-refractivity contribution >= 4 is 27.9 Å². The van der Waals surface area contributed by atoms with Crippen molar-refractivity contribution in [2.24, 2.45) is 0 Å². The molecule has 0 aliphatic heterocycles. The number of H-pyrrole nitrogens is 1. The summed E-state index contributed by atoms with van der Waals surface area (Å²) in [5.41, 5.74) is 3.71. The minimum Gasteiger partial charge on any atom is -0.481 e. The molecule has 0 spiro atoms. The van der Waals surface area contributed by atoms with Gasteiger partial charge in [0.15, 0.2) is 0 Å². The Labute approximate surface area is 168 Å². The molecular formula is C23H25N3O3. The summed E-state index contributed by atoms with van der Waals surface area (Å²) in [4.78, 5) is 28.3. The van der Waals surface area contributed by atoms with Crippen LogP contribution in [0.1, 0.15) is 44.4 Å². The Balaban J connectivity index is 1.98. The molecule has 4 rings (SSSR count). The number of aromatic nitrogens is 3. The Hall–Kier alpha value is -3.28. The molecule has 2 aromatic carbocycles. The molecule has 0 radical (unpaired) electrons. The van der Waals surface area contributed by atoms with Crippen molar-refractivity contribution in [1.29, 1.82) is 0 Å². The van der Waals surface area contributed by atoms with Crippen LogP contribution in [0, 0.1) is 6.92 Å². The first-order chi connectivity index (χ1) is 13.7. The van der Waals surface area contributed by atoms with Gasteiger partial charge in [0, 0.05) is 22.7 Å². The molecule has 1 atom stereocenters. The van der Waals surface area contributed by atoms with Crippen LogP contribution in [-0.4, -0.2) is 25.2 Å². The summed E-state index contributed by atoms with van der Waals surface area (Å²) >= 11 is 0. The summed E-state index contributed by atoms with van der Waals surface area (Å²) in [6, 6.07) is 13.5. The Morgan fingerprint density at radius 2 is 1.83 bits per heavy atom. The number of para-hydroxylation sites is 2. The molecule has 2 N–H and O–H groups in total. The van der Waals surface area contributed by atoms with E-state index in [9.17, 15) is 14.7 Å². The lowest BCUT2D eigenvalue weighted by Crippen LogP contribution is -2.39. The van der Waals surface area contributed by atoms with Crippen molar-refractivity contribution < 1.29 is 9.90 Å². The van der Waals surface area contributed by atoms with E-state index in [1.807, 2.05) is 49.5 Å². The highest BCUT2D eigenvalue weighted by atomic mass is 16.4. The van der Waals surface area contributed by atoms with Crippen LogP contribution in [0.5, 0.6) is 0 Å². The van der Waals surface area contributed by atoms with Gasteiger partial charge in [-0.3, -0.25) is 13.9 Å². The maximum Gasteiger partial charge on any atom is 0.330 e. The largest absolute Gasteiger partial charge is 0.481 e. The predicted molar refractivity (Wildman–Crippen MR) is 115 cm³/mol. The number of carboxylic acid groups (broad SMARTS) is 1. The van der Waals surface area contributed by atoms with Crippen molar-refractivity contribution in [2.75, 3.05) is 0 Å². The van der Waals surface area contributed by atoms with Gasteiger partial charge in [0.2, 0.25) is 0 Å². The number of hydrogen-bond donors (Lipinski definition) is 2. The maximum absolute atomic E-state index is 13.6. The monoisotopic (exact) mass is 391 g/mol. The van der Waals surface area contributed by atoms with Crippen molar-refractivity contribution in [2.45, 2.75) is 45.7 Å². The quantitative estimate of drug-likeness (QED) is 0.529. The third-order valence-electron chi connectivity index (χ3n) is 5.75. The van der Waals surface area contributed by atoms with Gasteiger partial charge < -0.3 is 10.1 Å². The molecule has 0 fully saturated rings.